The highest BCUT2D eigenvalue weighted by atomic mass is 32.1. The Kier molecular flexibility index (Phi) is 3.85. The maximum Gasteiger partial charge on any atom is 0.193 e. The van der Waals surface area contributed by atoms with Crippen LogP contribution in [0, 0.1) is 12.8 Å². The predicted molar refractivity (Wildman–Crippen MR) is 84.2 cm³/mol. The van der Waals surface area contributed by atoms with E-state index < -0.39 is 0 Å². The molecule has 0 saturated carbocycles. The molecule has 3 aromatic rings. The fourth-order valence-electron chi connectivity index (χ4n) is 2.47. The number of aryl methyl sites for hydroxylation is 1. The van der Waals surface area contributed by atoms with Crippen LogP contribution in [0.3, 0.4) is 0 Å². The molecule has 3 rings (SSSR count). The average molecular weight is 285 g/mol. The molecule has 2 aromatic heterocycles. The Morgan fingerprint density at radius 2 is 2.05 bits per heavy atom. The van der Waals surface area contributed by atoms with Crippen LogP contribution in [0.4, 0.5) is 0 Å². The second kappa shape index (κ2) is 5.77. The summed E-state index contributed by atoms with van der Waals surface area (Å²) in [7, 11) is 0. The number of imidazole rings is 1. The van der Waals surface area contributed by atoms with Crippen LogP contribution in [0.5, 0.6) is 0 Å². The maximum absolute atomic E-state index is 5.94. The zero-order valence-electron chi connectivity index (χ0n) is 11.6. The lowest BCUT2D eigenvalue weighted by Gasteiger charge is -2.13. The van der Waals surface area contributed by atoms with Gasteiger partial charge in [-0.1, -0.05) is 29.8 Å². The zero-order valence-corrected chi connectivity index (χ0v) is 12.4. The molecule has 4 heteroatoms. The summed E-state index contributed by atoms with van der Waals surface area (Å²) in [4.78, 5) is 5.70. The predicted octanol–water partition coefficient (Wildman–Crippen LogP) is 3.06. The molecule has 0 spiro atoms. The van der Waals surface area contributed by atoms with Crippen LogP contribution in [0.1, 0.15) is 16.8 Å². The third-order valence-corrected chi connectivity index (χ3v) is 4.39. The lowest BCUT2D eigenvalue weighted by molar-refractivity contribution is 0.528. The molecule has 2 heterocycles. The summed E-state index contributed by atoms with van der Waals surface area (Å²) in [6.07, 6.45) is 6.12. The van der Waals surface area contributed by atoms with Crippen molar-refractivity contribution < 1.29 is 0 Å². The summed E-state index contributed by atoms with van der Waals surface area (Å²) < 4.78 is 2.08. The van der Waals surface area contributed by atoms with Crippen LogP contribution in [0.15, 0.2) is 42.0 Å². The van der Waals surface area contributed by atoms with Crippen molar-refractivity contribution in [3.05, 3.63) is 58.9 Å². The van der Waals surface area contributed by atoms with Gasteiger partial charge in [-0.05, 0) is 37.8 Å². The Morgan fingerprint density at radius 3 is 2.75 bits per heavy atom. The first-order valence-corrected chi connectivity index (χ1v) is 7.79. The monoisotopic (exact) mass is 285 g/mol. The second-order valence-electron chi connectivity index (χ2n) is 5.32. The van der Waals surface area contributed by atoms with Crippen LogP contribution in [-0.4, -0.2) is 15.9 Å². The molecular weight excluding hydrogens is 266 g/mol. The first-order chi connectivity index (χ1) is 9.74. The first-order valence-electron chi connectivity index (χ1n) is 6.91. The number of hydrogen-bond acceptors (Lipinski definition) is 3. The average Bonchev–Trinajstić information content (AvgIpc) is 3.01. The largest absolute Gasteiger partial charge is 0.330 e. The summed E-state index contributed by atoms with van der Waals surface area (Å²) in [5.74, 6) is 0.447. The van der Waals surface area contributed by atoms with E-state index in [4.69, 9.17) is 5.73 Å². The highest BCUT2D eigenvalue weighted by molar-refractivity contribution is 7.15. The van der Waals surface area contributed by atoms with E-state index in [2.05, 4.69) is 52.2 Å². The number of benzene rings is 1. The van der Waals surface area contributed by atoms with Crippen molar-refractivity contribution in [1.82, 2.24) is 9.38 Å². The zero-order chi connectivity index (χ0) is 13.9. The Bertz CT molecular complexity index is 653. The van der Waals surface area contributed by atoms with E-state index in [-0.39, 0.29) is 0 Å². The van der Waals surface area contributed by atoms with E-state index in [1.165, 1.54) is 11.1 Å². The van der Waals surface area contributed by atoms with E-state index in [1.54, 1.807) is 11.3 Å². The van der Waals surface area contributed by atoms with Gasteiger partial charge >= 0.3 is 0 Å². The molecule has 0 saturated heterocycles. The van der Waals surface area contributed by atoms with Gasteiger partial charge in [0.05, 0.1) is 5.69 Å². The molecule has 0 fully saturated rings. The topological polar surface area (TPSA) is 43.3 Å². The van der Waals surface area contributed by atoms with Crippen LogP contribution < -0.4 is 5.73 Å². The quantitative estimate of drug-likeness (QED) is 0.783. The minimum absolute atomic E-state index is 0.447. The highest BCUT2D eigenvalue weighted by Gasteiger charge is 2.12. The third kappa shape index (κ3) is 2.92. The lowest BCUT2D eigenvalue weighted by Crippen LogP contribution is -2.19. The summed E-state index contributed by atoms with van der Waals surface area (Å²) in [5.41, 5.74) is 9.73. The van der Waals surface area contributed by atoms with Crippen molar-refractivity contribution in [1.29, 1.82) is 0 Å². The van der Waals surface area contributed by atoms with Crippen molar-refractivity contribution in [3.8, 4) is 0 Å². The molecule has 0 amide bonds. The SMILES string of the molecule is Cc1ccc(CC(CN)Cc2cn3ccsc3n2)cc1. The van der Waals surface area contributed by atoms with Gasteiger partial charge in [0.1, 0.15) is 0 Å². The van der Waals surface area contributed by atoms with Crippen molar-refractivity contribution in [2.45, 2.75) is 19.8 Å². The van der Waals surface area contributed by atoms with Gasteiger partial charge in [-0.2, -0.15) is 0 Å². The van der Waals surface area contributed by atoms with E-state index in [1.807, 2.05) is 6.20 Å². The molecule has 0 aliphatic heterocycles. The molecule has 3 nitrogen and oxygen atoms in total. The standard InChI is InChI=1S/C16H19N3S/c1-12-2-4-13(5-3-12)8-14(10-17)9-15-11-19-6-7-20-16(19)18-15/h2-7,11,14H,8-10,17H2,1H3. The number of thiazole rings is 1. The second-order valence-corrected chi connectivity index (χ2v) is 6.19. The van der Waals surface area contributed by atoms with Gasteiger partial charge in [-0.3, -0.25) is 4.40 Å². The summed E-state index contributed by atoms with van der Waals surface area (Å²) in [6, 6.07) is 8.72. The number of aromatic nitrogens is 2. The van der Waals surface area contributed by atoms with Gasteiger partial charge in [0.2, 0.25) is 0 Å². The highest BCUT2D eigenvalue weighted by Crippen LogP contribution is 2.17. The summed E-state index contributed by atoms with van der Waals surface area (Å²) in [6.45, 7) is 2.81. The summed E-state index contributed by atoms with van der Waals surface area (Å²) in [5, 5.41) is 2.05. The smallest absolute Gasteiger partial charge is 0.193 e. The van der Waals surface area contributed by atoms with E-state index in [0.717, 1.165) is 23.5 Å². The number of fused-ring (bicyclic) bond motifs is 1. The van der Waals surface area contributed by atoms with Gasteiger partial charge in [-0.15, -0.1) is 11.3 Å². The van der Waals surface area contributed by atoms with Crippen molar-refractivity contribution in [2.24, 2.45) is 11.7 Å². The molecule has 20 heavy (non-hydrogen) atoms. The van der Waals surface area contributed by atoms with Gasteiger partial charge in [0.25, 0.3) is 0 Å². The Morgan fingerprint density at radius 1 is 1.25 bits per heavy atom. The number of nitrogens with two attached hydrogens (primary N) is 1. The molecule has 104 valence electrons. The van der Waals surface area contributed by atoms with E-state index in [0.29, 0.717) is 12.5 Å². The van der Waals surface area contributed by atoms with Crippen molar-refractivity contribution >= 4 is 16.3 Å². The van der Waals surface area contributed by atoms with Crippen LogP contribution in [-0.2, 0) is 12.8 Å². The molecule has 0 bridgehead atoms. The van der Waals surface area contributed by atoms with Crippen molar-refractivity contribution in [3.63, 3.8) is 0 Å². The Balaban J connectivity index is 1.70. The number of hydrogen-bond donors (Lipinski definition) is 1. The Hall–Kier alpha value is -1.65. The fourth-order valence-corrected chi connectivity index (χ4v) is 3.19. The maximum atomic E-state index is 5.94. The molecule has 2 N–H and O–H groups in total. The number of nitrogens with zero attached hydrogens (tertiary/aromatic N) is 2. The fraction of sp³-hybridized carbons (Fsp3) is 0.312. The van der Waals surface area contributed by atoms with Crippen LogP contribution in [0.2, 0.25) is 0 Å². The minimum atomic E-state index is 0.447. The van der Waals surface area contributed by atoms with Crippen molar-refractivity contribution in [2.75, 3.05) is 6.54 Å². The number of rotatable bonds is 5. The van der Waals surface area contributed by atoms with Gasteiger partial charge in [0.15, 0.2) is 4.96 Å². The van der Waals surface area contributed by atoms with Gasteiger partial charge in [-0.25, -0.2) is 4.98 Å². The first kappa shape index (κ1) is 13.3. The lowest BCUT2D eigenvalue weighted by atomic mass is 9.94. The minimum Gasteiger partial charge on any atom is -0.330 e. The van der Waals surface area contributed by atoms with Gasteiger partial charge < -0.3 is 5.73 Å². The van der Waals surface area contributed by atoms with E-state index >= 15 is 0 Å². The Labute approximate surface area is 123 Å². The molecule has 1 atom stereocenters. The van der Waals surface area contributed by atoms with Crippen LogP contribution >= 0.6 is 11.3 Å². The normalized spacial score (nSPS) is 12.9. The molecular formula is C16H19N3S. The molecule has 0 aliphatic rings. The van der Waals surface area contributed by atoms with Gasteiger partial charge in [0, 0.05) is 17.8 Å². The third-order valence-electron chi connectivity index (χ3n) is 3.62. The van der Waals surface area contributed by atoms with Crippen LogP contribution in [0.25, 0.3) is 4.96 Å². The molecule has 1 unspecified atom stereocenters. The summed E-state index contributed by atoms with van der Waals surface area (Å²) >= 11 is 1.67. The molecule has 1 aromatic carbocycles. The molecule has 0 radical (unpaired) electrons. The van der Waals surface area contributed by atoms with E-state index in [9.17, 15) is 0 Å². The molecule has 0 aliphatic carbocycles.